The molecular formula is C20H19PSe. The minimum absolute atomic E-state index is 0.303. The molecule has 0 N–H and O–H groups in total. The van der Waals surface area contributed by atoms with Crippen molar-refractivity contribution in [2.75, 3.05) is 0 Å². The summed E-state index contributed by atoms with van der Waals surface area (Å²) in [6, 6.07) is 18.0. The Morgan fingerprint density at radius 3 is 2.14 bits per heavy atom. The fourth-order valence-corrected chi connectivity index (χ4v) is 8.15. The van der Waals surface area contributed by atoms with Crippen molar-refractivity contribution in [1.29, 1.82) is 0 Å². The normalized spacial score (nSPS) is 13.4. The van der Waals surface area contributed by atoms with Crippen LogP contribution in [-0.4, -0.2) is 14.5 Å². The zero-order chi connectivity index (χ0) is 15.3. The molecule has 22 heavy (non-hydrogen) atoms. The van der Waals surface area contributed by atoms with Crippen LogP contribution in [0.25, 0.3) is 20.9 Å². The molecule has 1 heterocycles. The number of rotatable bonds is 0. The third-order valence-corrected chi connectivity index (χ3v) is 10.1. The second-order valence-electron chi connectivity index (χ2n) is 6.94. The SMILES string of the molecule is CC(C)(C)c1pc2c([se]1)-c1ccccc1Cc1ccccc1-2. The summed E-state index contributed by atoms with van der Waals surface area (Å²) < 4.78 is 3.33. The van der Waals surface area contributed by atoms with Gasteiger partial charge in [-0.2, -0.15) is 0 Å². The van der Waals surface area contributed by atoms with Crippen molar-refractivity contribution >= 4 is 22.7 Å². The van der Waals surface area contributed by atoms with E-state index in [1.54, 1.807) is 13.9 Å². The first-order valence-corrected chi connectivity index (χ1v) is 10.3. The van der Waals surface area contributed by atoms with Crippen molar-refractivity contribution in [3.8, 4) is 20.9 Å². The summed E-state index contributed by atoms with van der Waals surface area (Å²) >= 11 is 0.475. The molecule has 1 aliphatic rings. The molecule has 0 aliphatic heterocycles. The van der Waals surface area contributed by atoms with Crippen LogP contribution in [0.15, 0.2) is 48.5 Å². The average Bonchev–Trinajstić information content (AvgIpc) is 2.89. The maximum absolute atomic E-state index is 2.36. The second-order valence-corrected chi connectivity index (χ2v) is 10.9. The summed E-state index contributed by atoms with van der Waals surface area (Å²) in [7, 11) is 1.46. The zero-order valence-corrected chi connectivity index (χ0v) is 15.8. The van der Waals surface area contributed by atoms with E-state index in [2.05, 4.69) is 69.3 Å². The molecule has 0 radical (unpaired) electrons. The van der Waals surface area contributed by atoms with Gasteiger partial charge in [0, 0.05) is 0 Å². The summed E-state index contributed by atoms with van der Waals surface area (Å²) in [5.74, 6) is 0. The van der Waals surface area contributed by atoms with E-state index in [-0.39, 0.29) is 0 Å². The van der Waals surface area contributed by atoms with Crippen LogP contribution < -0.4 is 0 Å². The summed E-state index contributed by atoms with van der Waals surface area (Å²) in [6.45, 7) is 7.09. The van der Waals surface area contributed by atoms with Crippen LogP contribution in [0.3, 0.4) is 0 Å². The summed E-state index contributed by atoms with van der Waals surface area (Å²) in [5, 5.41) is 1.57. The quantitative estimate of drug-likeness (QED) is 0.341. The van der Waals surface area contributed by atoms with E-state index >= 15 is 0 Å². The number of fused-ring (bicyclic) bond motifs is 5. The Morgan fingerprint density at radius 1 is 0.864 bits per heavy atom. The molecule has 0 spiro atoms. The van der Waals surface area contributed by atoms with E-state index in [1.807, 2.05) is 0 Å². The van der Waals surface area contributed by atoms with Gasteiger partial charge in [-0.15, -0.1) is 0 Å². The molecule has 1 aromatic heterocycles. The fraction of sp³-hybridized carbons (Fsp3) is 0.250. The molecule has 0 fully saturated rings. The van der Waals surface area contributed by atoms with E-state index in [1.165, 1.54) is 30.4 Å². The Labute approximate surface area is 140 Å². The molecule has 0 amide bonds. The van der Waals surface area contributed by atoms with Crippen LogP contribution in [0.5, 0.6) is 0 Å². The van der Waals surface area contributed by atoms with E-state index in [9.17, 15) is 0 Å². The van der Waals surface area contributed by atoms with Crippen LogP contribution in [0, 0.1) is 0 Å². The predicted octanol–water partition coefficient (Wildman–Crippen LogP) is 5.86. The van der Waals surface area contributed by atoms with Gasteiger partial charge in [0.1, 0.15) is 0 Å². The standard InChI is InChI=1S/C20H19PSe/c1-20(2,3)19-21-17-15-10-6-4-8-13(15)12-14-9-5-7-11-16(14)18(17)22-19/h4-11H,12H2,1-3H3. The molecule has 2 heteroatoms. The minimum atomic E-state index is 0.303. The van der Waals surface area contributed by atoms with Gasteiger partial charge in [0.25, 0.3) is 0 Å². The van der Waals surface area contributed by atoms with E-state index in [0.29, 0.717) is 19.9 Å². The van der Waals surface area contributed by atoms with Gasteiger partial charge < -0.3 is 0 Å². The molecule has 0 nitrogen and oxygen atoms in total. The van der Waals surface area contributed by atoms with Crippen LogP contribution in [-0.2, 0) is 11.8 Å². The summed E-state index contributed by atoms with van der Waals surface area (Å²) in [6.07, 6.45) is 1.07. The number of hydrogen-bond acceptors (Lipinski definition) is 0. The first kappa shape index (κ1) is 14.5. The molecular weight excluding hydrogens is 350 g/mol. The topological polar surface area (TPSA) is 0 Å². The Morgan fingerprint density at radius 2 is 1.45 bits per heavy atom. The number of benzene rings is 2. The third-order valence-electron chi connectivity index (χ3n) is 4.18. The third kappa shape index (κ3) is 2.33. The Bertz CT molecular complexity index is 789. The predicted molar refractivity (Wildman–Crippen MR) is 98.3 cm³/mol. The van der Waals surface area contributed by atoms with Gasteiger partial charge in [-0.05, 0) is 0 Å². The molecule has 0 unspecified atom stereocenters. The van der Waals surface area contributed by atoms with Gasteiger partial charge in [-0.25, -0.2) is 0 Å². The van der Waals surface area contributed by atoms with Crippen molar-refractivity contribution in [3.05, 3.63) is 63.8 Å². The first-order valence-electron chi connectivity index (χ1n) is 7.72. The Hall–Kier alpha value is -1.13. The van der Waals surface area contributed by atoms with Crippen LogP contribution >= 0.6 is 8.19 Å². The molecule has 0 saturated heterocycles. The molecule has 0 bridgehead atoms. The summed E-state index contributed by atoms with van der Waals surface area (Å²) in [4.78, 5) is 0. The molecule has 3 aromatic rings. The fourth-order valence-electron chi connectivity index (χ4n) is 3.01. The van der Waals surface area contributed by atoms with Crippen molar-refractivity contribution < 1.29 is 0 Å². The van der Waals surface area contributed by atoms with Gasteiger partial charge in [0.15, 0.2) is 0 Å². The van der Waals surface area contributed by atoms with E-state index < -0.39 is 0 Å². The van der Waals surface area contributed by atoms with Crippen molar-refractivity contribution in [2.45, 2.75) is 32.6 Å². The maximum atomic E-state index is 2.36. The molecule has 2 aromatic carbocycles. The monoisotopic (exact) mass is 370 g/mol. The summed E-state index contributed by atoms with van der Waals surface area (Å²) in [5.41, 5.74) is 6.26. The zero-order valence-electron chi connectivity index (χ0n) is 13.2. The van der Waals surface area contributed by atoms with Gasteiger partial charge in [-0.3, -0.25) is 0 Å². The van der Waals surface area contributed by atoms with Crippen molar-refractivity contribution in [1.82, 2.24) is 0 Å². The van der Waals surface area contributed by atoms with Gasteiger partial charge in [-0.1, -0.05) is 0 Å². The van der Waals surface area contributed by atoms with E-state index in [0.717, 1.165) is 6.42 Å². The molecule has 1 aliphatic carbocycles. The molecule has 110 valence electrons. The first-order chi connectivity index (χ1) is 10.5. The molecule has 4 rings (SSSR count). The second kappa shape index (κ2) is 5.20. The van der Waals surface area contributed by atoms with Gasteiger partial charge in [0.05, 0.1) is 0 Å². The molecule has 0 saturated carbocycles. The van der Waals surface area contributed by atoms with E-state index in [4.69, 9.17) is 0 Å². The average molecular weight is 369 g/mol. The van der Waals surface area contributed by atoms with Crippen LogP contribution in [0.2, 0.25) is 0 Å². The number of hydrogen-bond donors (Lipinski definition) is 0. The van der Waals surface area contributed by atoms with Crippen molar-refractivity contribution in [2.24, 2.45) is 0 Å². The van der Waals surface area contributed by atoms with Crippen molar-refractivity contribution in [3.63, 3.8) is 0 Å². The van der Waals surface area contributed by atoms with Crippen LogP contribution in [0.1, 0.15) is 36.1 Å². The van der Waals surface area contributed by atoms with Crippen LogP contribution in [0.4, 0.5) is 0 Å². The molecule has 0 atom stereocenters. The van der Waals surface area contributed by atoms with Gasteiger partial charge in [0.2, 0.25) is 0 Å². The Kier molecular flexibility index (Phi) is 3.42. The Balaban J connectivity index is 2.07. The van der Waals surface area contributed by atoms with Gasteiger partial charge >= 0.3 is 140 Å².